The van der Waals surface area contributed by atoms with Gasteiger partial charge in [-0.15, -0.1) is 0 Å². The van der Waals surface area contributed by atoms with Crippen molar-refractivity contribution in [2.24, 2.45) is 0 Å². The number of phenols is 1. The number of rotatable bonds is 4. The number of hydrogen-bond acceptors (Lipinski definition) is 5. The van der Waals surface area contributed by atoms with E-state index in [1.165, 1.54) is 12.1 Å². The zero-order valence-corrected chi connectivity index (χ0v) is 16.4. The summed E-state index contributed by atoms with van der Waals surface area (Å²) in [5, 5.41) is 17.0. The number of phenolic OH excluding ortho intramolecular Hbond substituents is 1. The second kappa shape index (κ2) is 6.88. The molecule has 4 aromatic rings. The largest absolute Gasteiger partial charge is 0.505 e. The van der Waals surface area contributed by atoms with Crippen LogP contribution in [0.5, 0.6) is 17.2 Å². The highest BCUT2D eigenvalue weighted by Crippen LogP contribution is 2.44. The first-order chi connectivity index (χ1) is 14.6. The summed E-state index contributed by atoms with van der Waals surface area (Å²) in [5.41, 5.74) is 7.14. The normalized spacial score (nSPS) is 11.8. The molecule has 5 rings (SSSR count). The molecule has 0 unspecified atom stereocenters. The van der Waals surface area contributed by atoms with Crippen LogP contribution in [-0.4, -0.2) is 34.5 Å². The SMILES string of the molecule is COc1cc2c(cc1OC)-c1[nH]nc(-c3ccc(-c4ccc(O)c(F)c4)nc3)c1C2. The molecule has 0 radical (unpaired) electrons. The van der Waals surface area contributed by atoms with E-state index in [0.29, 0.717) is 22.8 Å². The fraction of sp³-hybridized carbons (Fsp3) is 0.130. The molecular weight excluding hydrogens is 385 g/mol. The number of nitrogens with zero attached hydrogens (tertiary/aromatic N) is 2. The Bertz CT molecular complexity index is 1270. The van der Waals surface area contributed by atoms with Gasteiger partial charge >= 0.3 is 0 Å². The van der Waals surface area contributed by atoms with Gasteiger partial charge in [0.15, 0.2) is 23.1 Å². The van der Waals surface area contributed by atoms with Gasteiger partial charge in [-0.2, -0.15) is 5.10 Å². The molecule has 2 aromatic heterocycles. The molecular formula is C23H18FN3O3. The Morgan fingerprint density at radius 2 is 1.77 bits per heavy atom. The number of ether oxygens (including phenoxy) is 2. The molecule has 1 aliphatic carbocycles. The van der Waals surface area contributed by atoms with Gasteiger partial charge in [0.25, 0.3) is 0 Å². The Morgan fingerprint density at radius 1 is 1.00 bits per heavy atom. The standard InChI is InChI=1S/C23H18FN3O3/c1-29-20-9-14-7-16-22(26-27-23(16)15(14)10-21(20)30-2)13-3-5-18(25-11-13)12-4-6-19(28)17(24)8-12/h3-6,8-11,28H,7H2,1-2H3,(H,26,27). The van der Waals surface area contributed by atoms with E-state index in [1.54, 1.807) is 26.5 Å². The van der Waals surface area contributed by atoms with Gasteiger partial charge in [-0.05, 0) is 48.0 Å². The molecule has 0 fully saturated rings. The molecule has 7 heteroatoms. The molecule has 0 bridgehead atoms. The van der Waals surface area contributed by atoms with Gasteiger partial charge in [-0.1, -0.05) is 0 Å². The first-order valence-electron chi connectivity index (χ1n) is 9.37. The zero-order chi connectivity index (χ0) is 20.8. The third-order valence-corrected chi connectivity index (χ3v) is 5.39. The van der Waals surface area contributed by atoms with E-state index in [-0.39, 0.29) is 5.75 Å². The average Bonchev–Trinajstić information content (AvgIpc) is 3.33. The summed E-state index contributed by atoms with van der Waals surface area (Å²) in [4.78, 5) is 4.46. The molecule has 30 heavy (non-hydrogen) atoms. The average molecular weight is 403 g/mol. The highest BCUT2D eigenvalue weighted by atomic mass is 19.1. The molecule has 2 N–H and O–H groups in total. The Morgan fingerprint density at radius 3 is 2.47 bits per heavy atom. The fourth-order valence-electron chi connectivity index (χ4n) is 3.86. The van der Waals surface area contributed by atoms with Crippen LogP contribution in [0.15, 0.2) is 48.7 Å². The topological polar surface area (TPSA) is 80.3 Å². The van der Waals surface area contributed by atoms with Crippen LogP contribution in [0.1, 0.15) is 11.1 Å². The van der Waals surface area contributed by atoms with Crippen LogP contribution < -0.4 is 9.47 Å². The minimum absolute atomic E-state index is 0.379. The maximum absolute atomic E-state index is 13.6. The van der Waals surface area contributed by atoms with E-state index in [0.717, 1.165) is 40.1 Å². The molecule has 1 aliphatic rings. The van der Waals surface area contributed by atoms with Crippen LogP contribution in [0.25, 0.3) is 33.8 Å². The number of hydrogen-bond donors (Lipinski definition) is 2. The van der Waals surface area contributed by atoms with Crippen molar-refractivity contribution in [1.29, 1.82) is 0 Å². The minimum atomic E-state index is -0.674. The predicted molar refractivity (Wildman–Crippen MR) is 110 cm³/mol. The number of methoxy groups -OCH3 is 2. The van der Waals surface area contributed by atoms with Crippen molar-refractivity contribution in [3.8, 4) is 51.0 Å². The van der Waals surface area contributed by atoms with Crippen LogP contribution in [0.4, 0.5) is 4.39 Å². The number of halogens is 1. The number of fused-ring (bicyclic) bond motifs is 3. The first kappa shape index (κ1) is 18.2. The highest BCUT2D eigenvalue weighted by molar-refractivity contribution is 5.82. The molecule has 0 saturated heterocycles. The zero-order valence-electron chi connectivity index (χ0n) is 16.4. The summed E-state index contributed by atoms with van der Waals surface area (Å²) in [6, 6.07) is 11.9. The summed E-state index contributed by atoms with van der Waals surface area (Å²) >= 11 is 0. The van der Waals surface area contributed by atoms with E-state index in [1.807, 2.05) is 24.3 Å². The van der Waals surface area contributed by atoms with Crippen molar-refractivity contribution >= 4 is 0 Å². The maximum atomic E-state index is 13.6. The number of nitrogens with one attached hydrogen (secondary N) is 1. The summed E-state index contributed by atoms with van der Waals surface area (Å²) in [7, 11) is 3.24. The molecule has 0 aliphatic heterocycles. The number of H-pyrrole nitrogens is 1. The van der Waals surface area contributed by atoms with E-state index < -0.39 is 5.82 Å². The second-order valence-electron chi connectivity index (χ2n) is 7.07. The molecule has 0 amide bonds. The van der Waals surface area contributed by atoms with Crippen molar-refractivity contribution in [2.75, 3.05) is 14.2 Å². The maximum Gasteiger partial charge on any atom is 0.165 e. The number of aromatic nitrogens is 3. The van der Waals surface area contributed by atoms with Crippen LogP contribution in [0.2, 0.25) is 0 Å². The lowest BCUT2D eigenvalue weighted by molar-refractivity contribution is 0.355. The van der Waals surface area contributed by atoms with Gasteiger partial charge in [-0.3, -0.25) is 10.1 Å². The van der Waals surface area contributed by atoms with E-state index in [4.69, 9.17) is 9.47 Å². The number of benzene rings is 2. The van der Waals surface area contributed by atoms with E-state index >= 15 is 0 Å². The van der Waals surface area contributed by atoms with Gasteiger partial charge in [0.1, 0.15) is 0 Å². The minimum Gasteiger partial charge on any atom is -0.505 e. The van der Waals surface area contributed by atoms with E-state index in [2.05, 4.69) is 15.2 Å². The molecule has 2 aromatic carbocycles. The van der Waals surface area contributed by atoms with Gasteiger partial charge in [0.2, 0.25) is 0 Å². The quantitative estimate of drug-likeness (QED) is 0.459. The summed E-state index contributed by atoms with van der Waals surface area (Å²) in [6.45, 7) is 0. The summed E-state index contributed by atoms with van der Waals surface area (Å²) in [6.07, 6.45) is 2.45. The Labute approximate surface area is 171 Å². The van der Waals surface area contributed by atoms with Gasteiger partial charge < -0.3 is 14.6 Å². The second-order valence-corrected chi connectivity index (χ2v) is 7.07. The third kappa shape index (κ3) is 2.78. The summed E-state index contributed by atoms with van der Waals surface area (Å²) < 4.78 is 24.5. The van der Waals surface area contributed by atoms with Crippen molar-refractivity contribution in [3.63, 3.8) is 0 Å². The first-order valence-corrected chi connectivity index (χ1v) is 9.37. The van der Waals surface area contributed by atoms with Crippen molar-refractivity contribution in [1.82, 2.24) is 15.2 Å². The van der Waals surface area contributed by atoms with Gasteiger partial charge in [-0.25, -0.2) is 4.39 Å². The summed E-state index contributed by atoms with van der Waals surface area (Å²) in [5.74, 6) is 0.317. The molecule has 6 nitrogen and oxygen atoms in total. The lowest BCUT2D eigenvalue weighted by atomic mass is 10.1. The van der Waals surface area contributed by atoms with Gasteiger partial charge in [0.05, 0.1) is 31.3 Å². The van der Waals surface area contributed by atoms with Crippen LogP contribution in [0.3, 0.4) is 0 Å². The highest BCUT2D eigenvalue weighted by Gasteiger charge is 2.27. The van der Waals surface area contributed by atoms with Crippen LogP contribution >= 0.6 is 0 Å². The van der Waals surface area contributed by atoms with Crippen molar-refractivity contribution in [2.45, 2.75) is 6.42 Å². The van der Waals surface area contributed by atoms with E-state index in [9.17, 15) is 9.50 Å². The number of aromatic amines is 1. The monoisotopic (exact) mass is 403 g/mol. The smallest absolute Gasteiger partial charge is 0.165 e. The Kier molecular flexibility index (Phi) is 4.17. The molecule has 2 heterocycles. The molecule has 0 saturated carbocycles. The van der Waals surface area contributed by atoms with Crippen molar-refractivity contribution < 1.29 is 19.0 Å². The molecule has 150 valence electrons. The number of pyridine rings is 1. The van der Waals surface area contributed by atoms with Crippen LogP contribution in [-0.2, 0) is 6.42 Å². The predicted octanol–water partition coefficient (Wildman–Crippen LogP) is 4.57. The number of aromatic hydroxyl groups is 1. The lowest BCUT2D eigenvalue weighted by Gasteiger charge is -2.10. The Hall–Kier alpha value is -3.87. The third-order valence-electron chi connectivity index (χ3n) is 5.39. The Balaban J connectivity index is 1.50. The van der Waals surface area contributed by atoms with Gasteiger partial charge in [0, 0.05) is 34.9 Å². The lowest BCUT2D eigenvalue weighted by Crippen LogP contribution is -1.93. The van der Waals surface area contributed by atoms with Crippen molar-refractivity contribution in [3.05, 3.63) is 65.6 Å². The fourth-order valence-corrected chi connectivity index (χ4v) is 3.86. The van der Waals surface area contributed by atoms with Crippen LogP contribution in [0, 0.1) is 5.82 Å². The molecule has 0 atom stereocenters. The molecule has 0 spiro atoms.